The van der Waals surface area contributed by atoms with Crippen molar-refractivity contribution in [3.63, 3.8) is 0 Å². The van der Waals surface area contributed by atoms with Crippen molar-refractivity contribution in [2.75, 3.05) is 26.2 Å². The van der Waals surface area contributed by atoms with E-state index in [2.05, 4.69) is 9.97 Å². The van der Waals surface area contributed by atoms with Crippen molar-refractivity contribution >= 4 is 23.2 Å². The Bertz CT molecular complexity index is 951. The Kier molecular flexibility index (Phi) is 5.43. The summed E-state index contributed by atoms with van der Waals surface area (Å²) < 4.78 is 0. The van der Waals surface area contributed by atoms with Gasteiger partial charge in [0.1, 0.15) is 5.01 Å². The number of carbonyl (C=O) groups excluding carboxylic acids is 2. The first-order valence-electron chi connectivity index (χ1n) is 9.18. The third-order valence-electron chi connectivity index (χ3n) is 4.71. The van der Waals surface area contributed by atoms with E-state index in [0.29, 0.717) is 31.7 Å². The summed E-state index contributed by atoms with van der Waals surface area (Å²) in [7, 11) is 0. The van der Waals surface area contributed by atoms with Crippen LogP contribution in [0.5, 0.6) is 0 Å². The van der Waals surface area contributed by atoms with Gasteiger partial charge in [0.05, 0.1) is 17.8 Å². The molecule has 1 aliphatic rings. The molecule has 3 aromatic rings. The van der Waals surface area contributed by atoms with Crippen LogP contribution in [0, 0.1) is 0 Å². The number of amides is 2. The van der Waals surface area contributed by atoms with Crippen LogP contribution >= 0.6 is 11.3 Å². The van der Waals surface area contributed by atoms with Crippen LogP contribution in [0.4, 0.5) is 0 Å². The molecule has 1 saturated heterocycles. The quantitative estimate of drug-likeness (QED) is 0.685. The van der Waals surface area contributed by atoms with E-state index in [-0.39, 0.29) is 18.2 Å². The Morgan fingerprint density at radius 3 is 2.36 bits per heavy atom. The standard InChI is InChI=1S/C21H20N4O2S/c26-19(14-17-15-28-20(23-17)18-8-4-5-9-22-18)24-10-12-25(13-11-24)21(27)16-6-2-1-3-7-16/h1-9,15H,10-14H2. The lowest BCUT2D eigenvalue weighted by Gasteiger charge is -2.34. The van der Waals surface area contributed by atoms with Crippen LogP contribution in [-0.2, 0) is 11.2 Å². The fourth-order valence-corrected chi connectivity index (χ4v) is 3.98. The molecular formula is C21H20N4O2S. The van der Waals surface area contributed by atoms with Crippen molar-refractivity contribution in [3.05, 3.63) is 71.4 Å². The summed E-state index contributed by atoms with van der Waals surface area (Å²) in [6.45, 7) is 2.20. The molecule has 2 aromatic heterocycles. The fourth-order valence-electron chi connectivity index (χ4n) is 3.18. The predicted molar refractivity (Wildman–Crippen MR) is 108 cm³/mol. The van der Waals surface area contributed by atoms with Crippen LogP contribution in [0.1, 0.15) is 16.1 Å². The topological polar surface area (TPSA) is 66.4 Å². The highest BCUT2D eigenvalue weighted by molar-refractivity contribution is 7.13. The summed E-state index contributed by atoms with van der Waals surface area (Å²) in [5, 5.41) is 2.73. The zero-order valence-corrected chi connectivity index (χ0v) is 16.1. The minimum Gasteiger partial charge on any atom is -0.339 e. The van der Waals surface area contributed by atoms with E-state index in [1.807, 2.05) is 58.8 Å². The van der Waals surface area contributed by atoms with E-state index >= 15 is 0 Å². The molecular weight excluding hydrogens is 372 g/mol. The molecule has 1 aromatic carbocycles. The molecule has 7 heteroatoms. The zero-order valence-electron chi connectivity index (χ0n) is 15.3. The molecule has 2 amide bonds. The monoisotopic (exact) mass is 392 g/mol. The minimum absolute atomic E-state index is 0.0206. The number of thiazole rings is 1. The van der Waals surface area contributed by atoms with E-state index in [0.717, 1.165) is 16.4 Å². The molecule has 0 radical (unpaired) electrons. The Balaban J connectivity index is 1.32. The Hall–Kier alpha value is -3.06. The lowest BCUT2D eigenvalue weighted by Crippen LogP contribution is -2.51. The molecule has 0 saturated carbocycles. The van der Waals surface area contributed by atoms with Gasteiger partial charge in [-0.05, 0) is 24.3 Å². The van der Waals surface area contributed by atoms with Crippen molar-refractivity contribution < 1.29 is 9.59 Å². The highest BCUT2D eigenvalue weighted by Crippen LogP contribution is 2.22. The Morgan fingerprint density at radius 1 is 0.929 bits per heavy atom. The normalized spacial score (nSPS) is 14.1. The van der Waals surface area contributed by atoms with E-state index in [9.17, 15) is 9.59 Å². The molecule has 1 aliphatic heterocycles. The van der Waals surface area contributed by atoms with Crippen LogP contribution in [0.15, 0.2) is 60.1 Å². The average Bonchev–Trinajstić information content (AvgIpc) is 3.23. The molecule has 0 aliphatic carbocycles. The van der Waals surface area contributed by atoms with Crippen LogP contribution in [-0.4, -0.2) is 57.8 Å². The molecule has 28 heavy (non-hydrogen) atoms. The van der Waals surface area contributed by atoms with E-state index < -0.39 is 0 Å². The number of piperazine rings is 1. The van der Waals surface area contributed by atoms with Crippen LogP contribution < -0.4 is 0 Å². The zero-order chi connectivity index (χ0) is 19.3. The maximum atomic E-state index is 12.6. The molecule has 0 unspecified atom stereocenters. The largest absolute Gasteiger partial charge is 0.339 e. The van der Waals surface area contributed by atoms with Gasteiger partial charge in [0.2, 0.25) is 5.91 Å². The molecule has 142 valence electrons. The molecule has 1 fully saturated rings. The number of hydrogen-bond donors (Lipinski definition) is 0. The Morgan fingerprint density at radius 2 is 1.64 bits per heavy atom. The minimum atomic E-state index is 0.0206. The molecule has 0 bridgehead atoms. The second-order valence-corrected chi connectivity index (χ2v) is 7.43. The summed E-state index contributed by atoms with van der Waals surface area (Å²) in [5.74, 6) is 0.0666. The van der Waals surface area contributed by atoms with Gasteiger partial charge < -0.3 is 9.80 Å². The van der Waals surface area contributed by atoms with Crippen molar-refractivity contribution in [3.8, 4) is 10.7 Å². The fraction of sp³-hybridized carbons (Fsp3) is 0.238. The Labute approximate surface area is 167 Å². The van der Waals surface area contributed by atoms with Crippen LogP contribution in [0.2, 0.25) is 0 Å². The van der Waals surface area contributed by atoms with Gasteiger partial charge in [-0.2, -0.15) is 0 Å². The molecule has 6 nitrogen and oxygen atoms in total. The maximum Gasteiger partial charge on any atom is 0.253 e. The van der Waals surface area contributed by atoms with E-state index in [1.165, 1.54) is 11.3 Å². The maximum absolute atomic E-state index is 12.6. The summed E-state index contributed by atoms with van der Waals surface area (Å²) in [5.41, 5.74) is 2.27. The van der Waals surface area contributed by atoms with Crippen LogP contribution in [0.3, 0.4) is 0 Å². The first-order valence-corrected chi connectivity index (χ1v) is 10.1. The molecule has 0 spiro atoms. The smallest absolute Gasteiger partial charge is 0.253 e. The second-order valence-electron chi connectivity index (χ2n) is 6.57. The number of hydrogen-bond acceptors (Lipinski definition) is 5. The first kappa shape index (κ1) is 18.3. The van der Waals surface area contributed by atoms with Gasteiger partial charge in [0, 0.05) is 43.3 Å². The summed E-state index contributed by atoms with van der Waals surface area (Å²) in [6.07, 6.45) is 2.01. The number of pyridine rings is 1. The number of nitrogens with zero attached hydrogens (tertiary/aromatic N) is 4. The SMILES string of the molecule is O=C(Cc1csc(-c2ccccn2)n1)N1CCN(C(=O)c2ccccc2)CC1. The third kappa shape index (κ3) is 4.09. The lowest BCUT2D eigenvalue weighted by atomic mass is 10.2. The van der Waals surface area contributed by atoms with Crippen LogP contribution in [0.25, 0.3) is 10.7 Å². The number of benzene rings is 1. The van der Waals surface area contributed by atoms with Gasteiger partial charge in [0.15, 0.2) is 0 Å². The average molecular weight is 392 g/mol. The predicted octanol–water partition coefficient (Wildman–Crippen LogP) is 2.73. The van der Waals surface area contributed by atoms with Gasteiger partial charge in [-0.1, -0.05) is 24.3 Å². The van der Waals surface area contributed by atoms with Gasteiger partial charge in [-0.3, -0.25) is 14.6 Å². The summed E-state index contributed by atoms with van der Waals surface area (Å²) >= 11 is 1.50. The highest BCUT2D eigenvalue weighted by atomic mass is 32.1. The first-order chi connectivity index (χ1) is 13.7. The molecule has 4 rings (SSSR count). The van der Waals surface area contributed by atoms with Crippen molar-refractivity contribution in [1.29, 1.82) is 0 Å². The van der Waals surface area contributed by atoms with Crippen molar-refractivity contribution in [2.24, 2.45) is 0 Å². The molecule has 0 atom stereocenters. The van der Waals surface area contributed by atoms with Crippen molar-refractivity contribution in [2.45, 2.75) is 6.42 Å². The lowest BCUT2D eigenvalue weighted by molar-refractivity contribution is -0.132. The summed E-state index contributed by atoms with van der Waals surface area (Å²) in [6, 6.07) is 15.0. The highest BCUT2D eigenvalue weighted by Gasteiger charge is 2.25. The summed E-state index contributed by atoms with van der Waals surface area (Å²) in [4.78, 5) is 37.6. The second kappa shape index (κ2) is 8.31. The molecule has 3 heterocycles. The van der Waals surface area contributed by atoms with E-state index in [4.69, 9.17) is 0 Å². The molecule has 0 N–H and O–H groups in total. The number of carbonyl (C=O) groups is 2. The van der Waals surface area contributed by atoms with Gasteiger partial charge in [-0.15, -0.1) is 11.3 Å². The van der Waals surface area contributed by atoms with Crippen molar-refractivity contribution in [1.82, 2.24) is 19.8 Å². The third-order valence-corrected chi connectivity index (χ3v) is 5.62. The van der Waals surface area contributed by atoms with Gasteiger partial charge in [-0.25, -0.2) is 4.98 Å². The van der Waals surface area contributed by atoms with Gasteiger partial charge >= 0.3 is 0 Å². The number of aromatic nitrogens is 2. The number of rotatable bonds is 4. The van der Waals surface area contributed by atoms with Gasteiger partial charge in [0.25, 0.3) is 5.91 Å². The van der Waals surface area contributed by atoms with E-state index in [1.54, 1.807) is 11.1 Å².